The number of phenolic OH excluding ortho intramolecular Hbond substituents is 1. The van der Waals surface area contributed by atoms with Crippen molar-refractivity contribution < 1.29 is 5.11 Å². The Morgan fingerprint density at radius 2 is 2.12 bits per heavy atom. The van der Waals surface area contributed by atoms with Gasteiger partial charge < -0.3 is 20.3 Å². The van der Waals surface area contributed by atoms with Gasteiger partial charge in [0.15, 0.2) is 5.96 Å². The summed E-state index contributed by atoms with van der Waals surface area (Å²) in [4.78, 5) is 4.57. The number of hydrogen-bond acceptors (Lipinski definition) is 4. The van der Waals surface area contributed by atoms with Crippen molar-refractivity contribution in [2.24, 2.45) is 4.99 Å². The molecule has 0 bridgehead atoms. The van der Waals surface area contributed by atoms with Gasteiger partial charge in [0.1, 0.15) is 17.9 Å². The summed E-state index contributed by atoms with van der Waals surface area (Å²) in [6, 6.07) is 7.29. The molecule has 0 saturated carbocycles. The number of phenols is 1. The van der Waals surface area contributed by atoms with E-state index in [4.69, 9.17) is 0 Å². The molecule has 3 N–H and O–H groups in total. The monoisotopic (exact) mass is 458 g/mol. The van der Waals surface area contributed by atoms with Crippen molar-refractivity contribution in [3.63, 3.8) is 0 Å². The Bertz CT molecular complexity index is 658. The molecular formula is C17H27IN6O. The summed E-state index contributed by atoms with van der Waals surface area (Å²) in [5.74, 6) is 2.08. The third kappa shape index (κ3) is 7.29. The minimum atomic E-state index is 0. The first-order valence-corrected chi connectivity index (χ1v) is 8.39. The third-order valence-electron chi connectivity index (χ3n) is 3.58. The van der Waals surface area contributed by atoms with Gasteiger partial charge in [-0.1, -0.05) is 19.1 Å². The Morgan fingerprint density at radius 1 is 1.28 bits per heavy atom. The van der Waals surface area contributed by atoms with E-state index in [0.717, 1.165) is 49.8 Å². The minimum Gasteiger partial charge on any atom is -0.508 e. The molecule has 25 heavy (non-hydrogen) atoms. The molecule has 7 nitrogen and oxygen atoms in total. The van der Waals surface area contributed by atoms with Crippen molar-refractivity contribution in [3.8, 4) is 5.75 Å². The van der Waals surface area contributed by atoms with E-state index < -0.39 is 0 Å². The van der Waals surface area contributed by atoms with E-state index in [0.29, 0.717) is 12.3 Å². The topological polar surface area (TPSA) is 87.4 Å². The van der Waals surface area contributed by atoms with E-state index in [1.165, 1.54) is 0 Å². The summed E-state index contributed by atoms with van der Waals surface area (Å²) >= 11 is 0. The van der Waals surface area contributed by atoms with E-state index in [-0.39, 0.29) is 24.0 Å². The molecule has 0 spiro atoms. The number of rotatable bonds is 8. The van der Waals surface area contributed by atoms with Crippen molar-refractivity contribution in [3.05, 3.63) is 42.0 Å². The van der Waals surface area contributed by atoms with E-state index in [9.17, 15) is 5.11 Å². The second kappa shape index (κ2) is 11.7. The summed E-state index contributed by atoms with van der Waals surface area (Å²) in [6.45, 7) is 7.13. The first kappa shape index (κ1) is 21.2. The largest absolute Gasteiger partial charge is 0.508 e. The summed E-state index contributed by atoms with van der Waals surface area (Å²) in [7, 11) is 0. The van der Waals surface area contributed by atoms with Crippen LogP contribution in [0.5, 0.6) is 5.75 Å². The number of halogens is 1. The fourth-order valence-electron chi connectivity index (χ4n) is 2.38. The quantitative estimate of drug-likeness (QED) is 0.320. The van der Waals surface area contributed by atoms with E-state index in [1.807, 2.05) is 23.6 Å². The Balaban J connectivity index is 0.00000312. The van der Waals surface area contributed by atoms with Crippen LogP contribution in [0, 0.1) is 0 Å². The van der Waals surface area contributed by atoms with Gasteiger partial charge in [0.25, 0.3) is 0 Å². The van der Waals surface area contributed by atoms with Crippen LogP contribution in [0.4, 0.5) is 0 Å². The Labute approximate surface area is 166 Å². The highest BCUT2D eigenvalue weighted by Crippen LogP contribution is 2.11. The van der Waals surface area contributed by atoms with Crippen LogP contribution in [0.2, 0.25) is 0 Å². The molecule has 1 aromatic carbocycles. The molecule has 138 valence electrons. The lowest BCUT2D eigenvalue weighted by atomic mass is 10.1. The van der Waals surface area contributed by atoms with Gasteiger partial charge in [-0.3, -0.25) is 4.99 Å². The molecule has 1 heterocycles. The summed E-state index contributed by atoms with van der Waals surface area (Å²) < 4.78 is 2.04. The maximum Gasteiger partial charge on any atom is 0.191 e. The number of nitrogens with one attached hydrogen (secondary N) is 2. The van der Waals surface area contributed by atoms with Crippen molar-refractivity contribution in [1.82, 2.24) is 25.4 Å². The van der Waals surface area contributed by atoms with Gasteiger partial charge in [0.05, 0.1) is 0 Å². The molecular weight excluding hydrogens is 431 g/mol. The normalized spacial score (nSPS) is 11.0. The number of aromatic nitrogens is 3. The van der Waals surface area contributed by atoms with Gasteiger partial charge in [-0.25, -0.2) is 0 Å². The fourth-order valence-corrected chi connectivity index (χ4v) is 2.38. The Kier molecular flexibility index (Phi) is 9.90. The fraction of sp³-hybridized carbons (Fsp3) is 0.471. The molecule has 1 aromatic heterocycles. The first-order valence-electron chi connectivity index (χ1n) is 8.39. The smallest absolute Gasteiger partial charge is 0.191 e. The highest BCUT2D eigenvalue weighted by atomic mass is 127. The van der Waals surface area contributed by atoms with Crippen molar-refractivity contribution in [1.29, 1.82) is 0 Å². The third-order valence-corrected chi connectivity index (χ3v) is 3.58. The maximum atomic E-state index is 9.48. The number of guanidine groups is 1. The molecule has 2 rings (SSSR count). The minimum absolute atomic E-state index is 0. The van der Waals surface area contributed by atoms with Crippen LogP contribution in [-0.2, 0) is 19.4 Å². The van der Waals surface area contributed by atoms with Crippen LogP contribution in [0.3, 0.4) is 0 Å². The zero-order valence-electron chi connectivity index (χ0n) is 14.8. The number of hydrogen-bond donors (Lipinski definition) is 3. The number of aromatic hydroxyl groups is 1. The standard InChI is InChI=1S/C17H26N6O.HI/c1-3-16-22-21-13-23(16)11-10-20-17(18-4-2)19-9-8-14-6-5-7-15(24)12-14;/h5-7,12-13,24H,3-4,8-11H2,1-2H3,(H2,18,19,20);1H. The van der Waals surface area contributed by atoms with Crippen molar-refractivity contribution >= 4 is 29.9 Å². The van der Waals surface area contributed by atoms with Gasteiger partial charge in [-0.2, -0.15) is 0 Å². The molecule has 0 aliphatic rings. The Morgan fingerprint density at radius 3 is 2.84 bits per heavy atom. The highest BCUT2D eigenvalue weighted by Gasteiger charge is 2.02. The van der Waals surface area contributed by atoms with Crippen LogP contribution in [0.15, 0.2) is 35.6 Å². The van der Waals surface area contributed by atoms with Crippen LogP contribution < -0.4 is 10.6 Å². The number of aliphatic imine (C=N–C) groups is 1. The number of aryl methyl sites for hydroxylation is 1. The number of nitrogens with zero attached hydrogens (tertiary/aromatic N) is 4. The average molecular weight is 458 g/mol. The molecule has 0 aliphatic carbocycles. The Hall–Kier alpha value is -1.84. The summed E-state index contributed by atoms with van der Waals surface area (Å²) in [5.41, 5.74) is 1.08. The van der Waals surface area contributed by atoms with Gasteiger partial charge in [-0.15, -0.1) is 34.2 Å². The van der Waals surface area contributed by atoms with Gasteiger partial charge in [0, 0.05) is 32.6 Å². The SMILES string of the molecule is CCNC(=NCCc1cccc(O)c1)NCCn1cnnc1CC.I. The van der Waals surface area contributed by atoms with Crippen LogP contribution in [0.25, 0.3) is 0 Å². The molecule has 0 atom stereocenters. The zero-order chi connectivity index (χ0) is 17.2. The maximum absolute atomic E-state index is 9.48. The van der Waals surface area contributed by atoms with Crippen LogP contribution in [-0.4, -0.2) is 45.5 Å². The number of benzene rings is 1. The molecule has 2 aromatic rings. The molecule has 0 amide bonds. The molecule has 0 saturated heterocycles. The lowest BCUT2D eigenvalue weighted by Crippen LogP contribution is -2.39. The summed E-state index contributed by atoms with van der Waals surface area (Å²) in [6.07, 6.45) is 3.42. The van der Waals surface area contributed by atoms with E-state index in [1.54, 1.807) is 18.5 Å². The zero-order valence-corrected chi connectivity index (χ0v) is 17.1. The second-order valence-corrected chi connectivity index (χ2v) is 5.40. The van der Waals surface area contributed by atoms with Gasteiger partial charge >= 0.3 is 0 Å². The van der Waals surface area contributed by atoms with Gasteiger partial charge in [0.2, 0.25) is 0 Å². The molecule has 8 heteroatoms. The van der Waals surface area contributed by atoms with Crippen LogP contribution in [0.1, 0.15) is 25.2 Å². The van der Waals surface area contributed by atoms with E-state index in [2.05, 4.69) is 32.7 Å². The van der Waals surface area contributed by atoms with Crippen LogP contribution >= 0.6 is 24.0 Å². The van der Waals surface area contributed by atoms with Crippen molar-refractivity contribution in [2.45, 2.75) is 33.2 Å². The summed E-state index contributed by atoms with van der Waals surface area (Å²) in [5, 5.41) is 24.1. The van der Waals surface area contributed by atoms with Gasteiger partial charge in [-0.05, 0) is 31.0 Å². The second-order valence-electron chi connectivity index (χ2n) is 5.40. The predicted molar refractivity (Wildman–Crippen MR) is 111 cm³/mol. The highest BCUT2D eigenvalue weighted by molar-refractivity contribution is 14.0. The lowest BCUT2D eigenvalue weighted by Gasteiger charge is -2.12. The molecule has 0 unspecified atom stereocenters. The van der Waals surface area contributed by atoms with Crippen molar-refractivity contribution in [2.75, 3.05) is 19.6 Å². The lowest BCUT2D eigenvalue weighted by molar-refractivity contribution is 0.474. The average Bonchev–Trinajstić information content (AvgIpc) is 3.02. The predicted octanol–water partition coefficient (Wildman–Crippen LogP) is 1.96. The molecule has 0 fully saturated rings. The van der Waals surface area contributed by atoms with E-state index >= 15 is 0 Å². The first-order chi connectivity index (χ1) is 11.7. The molecule has 0 radical (unpaired) electrons. The molecule has 0 aliphatic heterocycles.